The first-order chi connectivity index (χ1) is 8.38. The maximum absolute atomic E-state index is 10.5. The Balaban J connectivity index is 1.86. The average molecular weight is 238 g/mol. The van der Waals surface area contributed by atoms with Gasteiger partial charge in [-0.3, -0.25) is 4.79 Å². The number of epoxide rings is 1. The Labute approximate surface area is 97.0 Å². The molecular weight excluding hydrogens is 228 g/mol. The largest absolute Gasteiger partial charge is 0.487 e. The maximum Gasteiger partial charge on any atom is 0.298 e. The summed E-state index contributed by atoms with van der Waals surface area (Å²) in [5.74, 6) is 1.62. The molecule has 3 rings (SSSR count). The maximum atomic E-state index is 10.5. The Hall–Kier alpha value is -1.95. The lowest BCUT2D eigenvalue weighted by atomic mass is 10.2. The van der Waals surface area contributed by atoms with Crippen LogP contribution in [0.15, 0.2) is 12.1 Å². The van der Waals surface area contributed by atoms with Crippen LogP contribution in [0.3, 0.4) is 0 Å². The molecule has 0 radical (unpaired) electrons. The molecule has 6 heteroatoms. The van der Waals surface area contributed by atoms with Crippen LogP contribution >= 0.6 is 0 Å². The van der Waals surface area contributed by atoms with Crippen LogP contribution in [0.2, 0.25) is 0 Å². The second-order valence-electron chi connectivity index (χ2n) is 3.61. The zero-order chi connectivity index (χ0) is 11.7. The summed E-state index contributed by atoms with van der Waals surface area (Å²) in [6.45, 7) is 1.57. The van der Waals surface area contributed by atoms with E-state index in [0.717, 1.165) is 0 Å². The summed E-state index contributed by atoms with van der Waals surface area (Å²) in [7, 11) is 0. The van der Waals surface area contributed by atoms with Gasteiger partial charge in [-0.05, 0) is 12.1 Å². The smallest absolute Gasteiger partial charge is 0.298 e. The second-order valence-corrected chi connectivity index (χ2v) is 3.61. The van der Waals surface area contributed by atoms with E-state index in [4.69, 9.17) is 23.7 Å². The molecule has 0 aliphatic carbocycles. The van der Waals surface area contributed by atoms with Crippen LogP contribution in [-0.4, -0.2) is 32.6 Å². The highest BCUT2D eigenvalue weighted by Crippen LogP contribution is 2.46. The fraction of sp³-hybridized carbons (Fsp3) is 0.364. The molecule has 2 aliphatic heterocycles. The lowest BCUT2D eigenvalue weighted by molar-refractivity contribution is -0.120. The number of hydrogen-bond acceptors (Lipinski definition) is 6. The van der Waals surface area contributed by atoms with Crippen molar-refractivity contribution in [3.05, 3.63) is 12.1 Å². The number of carbonyl (C=O) groups excluding carboxylic acids is 1. The van der Waals surface area contributed by atoms with E-state index in [1.165, 1.54) is 0 Å². The van der Waals surface area contributed by atoms with E-state index in [-0.39, 0.29) is 18.6 Å². The van der Waals surface area contributed by atoms with Gasteiger partial charge in [-0.15, -0.1) is 0 Å². The van der Waals surface area contributed by atoms with E-state index in [1.807, 2.05) is 0 Å². The monoisotopic (exact) mass is 238 g/mol. The van der Waals surface area contributed by atoms with Gasteiger partial charge in [-0.1, -0.05) is 0 Å². The first-order valence-electron chi connectivity index (χ1n) is 5.16. The van der Waals surface area contributed by atoms with Gasteiger partial charge < -0.3 is 23.7 Å². The minimum atomic E-state index is 0.111. The van der Waals surface area contributed by atoms with Gasteiger partial charge in [0.1, 0.15) is 12.7 Å². The molecule has 0 bridgehead atoms. The first kappa shape index (κ1) is 10.2. The Kier molecular flexibility index (Phi) is 2.49. The number of fused-ring (bicyclic) bond motifs is 1. The molecule has 6 nitrogen and oxygen atoms in total. The fourth-order valence-electron chi connectivity index (χ4n) is 1.55. The molecule has 2 aliphatic rings. The van der Waals surface area contributed by atoms with Crippen LogP contribution < -0.4 is 18.9 Å². The van der Waals surface area contributed by atoms with Crippen molar-refractivity contribution in [1.29, 1.82) is 0 Å². The number of carbonyl (C=O) groups is 1. The topological polar surface area (TPSA) is 66.5 Å². The van der Waals surface area contributed by atoms with Crippen LogP contribution in [0.4, 0.5) is 0 Å². The molecule has 1 fully saturated rings. The Morgan fingerprint density at radius 3 is 3.06 bits per heavy atom. The van der Waals surface area contributed by atoms with E-state index in [9.17, 15) is 4.79 Å². The summed E-state index contributed by atoms with van der Waals surface area (Å²) in [6.07, 6.45) is 0.129. The first-order valence-corrected chi connectivity index (χ1v) is 5.16. The highest BCUT2D eigenvalue weighted by molar-refractivity contribution is 5.63. The number of benzene rings is 1. The van der Waals surface area contributed by atoms with Crippen molar-refractivity contribution in [3.63, 3.8) is 0 Å². The molecule has 1 aromatic rings. The van der Waals surface area contributed by atoms with Crippen LogP contribution in [0, 0.1) is 0 Å². The van der Waals surface area contributed by atoms with Crippen molar-refractivity contribution in [1.82, 2.24) is 0 Å². The summed E-state index contributed by atoms with van der Waals surface area (Å²) in [5.41, 5.74) is 0. The van der Waals surface area contributed by atoms with Crippen molar-refractivity contribution in [2.45, 2.75) is 6.10 Å². The lowest BCUT2D eigenvalue weighted by Gasteiger charge is -2.10. The fourth-order valence-corrected chi connectivity index (χ4v) is 1.55. The third-order valence-electron chi connectivity index (χ3n) is 2.45. The Morgan fingerprint density at radius 1 is 1.41 bits per heavy atom. The summed E-state index contributed by atoms with van der Waals surface area (Å²) in [6, 6.07) is 3.39. The van der Waals surface area contributed by atoms with Crippen molar-refractivity contribution in [2.24, 2.45) is 0 Å². The van der Waals surface area contributed by atoms with Crippen molar-refractivity contribution < 1.29 is 28.5 Å². The minimum absolute atomic E-state index is 0.111. The SMILES string of the molecule is O=COc1c(OC[C@@H]2CO2)ccc2c1OCO2. The van der Waals surface area contributed by atoms with Gasteiger partial charge in [-0.2, -0.15) is 0 Å². The van der Waals surface area contributed by atoms with Crippen molar-refractivity contribution >= 4 is 6.47 Å². The molecule has 1 aromatic carbocycles. The summed E-state index contributed by atoms with van der Waals surface area (Å²) in [5, 5.41) is 0. The van der Waals surface area contributed by atoms with E-state index in [2.05, 4.69) is 0 Å². The number of rotatable bonds is 5. The van der Waals surface area contributed by atoms with Gasteiger partial charge in [0, 0.05) is 0 Å². The minimum Gasteiger partial charge on any atom is -0.487 e. The molecule has 0 aromatic heterocycles. The lowest BCUT2D eigenvalue weighted by Crippen LogP contribution is -2.05. The zero-order valence-electron chi connectivity index (χ0n) is 8.88. The summed E-state index contributed by atoms with van der Waals surface area (Å²) in [4.78, 5) is 10.5. The molecule has 0 amide bonds. The van der Waals surface area contributed by atoms with Gasteiger partial charge in [0.2, 0.25) is 18.3 Å². The van der Waals surface area contributed by atoms with E-state index < -0.39 is 0 Å². The van der Waals surface area contributed by atoms with Gasteiger partial charge in [-0.25, -0.2) is 0 Å². The third kappa shape index (κ3) is 1.99. The average Bonchev–Trinajstić information content (AvgIpc) is 3.04. The summed E-state index contributed by atoms with van der Waals surface area (Å²) < 4.78 is 25.8. The second kappa shape index (κ2) is 4.14. The molecular formula is C11H10O6. The Bertz CT molecular complexity index is 440. The molecule has 0 N–H and O–H groups in total. The van der Waals surface area contributed by atoms with Gasteiger partial charge in [0.15, 0.2) is 11.5 Å². The van der Waals surface area contributed by atoms with E-state index in [1.54, 1.807) is 12.1 Å². The van der Waals surface area contributed by atoms with Crippen molar-refractivity contribution in [2.75, 3.05) is 20.0 Å². The molecule has 0 saturated carbocycles. The predicted octanol–water partition coefficient (Wildman–Crippen LogP) is 0.728. The highest BCUT2D eigenvalue weighted by Gasteiger charge is 2.27. The van der Waals surface area contributed by atoms with Gasteiger partial charge >= 0.3 is 0 Å². The van der Waals surface area contributed by atoms with E-state index >= 15 is 0 Å². The van der Waals surface area contributed by atoms with Crippen LogP contribution in [-0.2, 0) is 9.53 Å². The normalized spacial score (nSPS) is 19.9. The highest BCUT2D eigenvalue weighted by atomic mass is 16.7. The molecule has 2 heterocycles. The number of hydrogen-bond donors (Lipinski definition) is 0. The standard InChI is InChI=1S/C11H10O6/c12-5-15-10-8(14-4-7-3-13-7)1-2-9-11(10)17-6-16-9/h1-2,5,7H,3-4,6H2/t7-/m0/s1. The third-order valence-corrected chi connectivity index (χ3v) is 2.45. The van der Waals surface area contributed by atoms with Crippen LogP contribution in [0.5, 0.6) is 23.0 Å². The van der Waals surface area contributed by atoms with E-state index in [0.29, 0.717) is 36.9 Å². The molecule has 1 atom stereocenters. The molecule has 1 saturated heterocycles. The quantitative estimate of drug-likeness (QED) is 0.556. The molecule has 90 valence electrons. The Morgan fingerprint density at radius 2 is 2.29 bits per heavy atom. The van der Waals surface area contributed by atoms with Gasteiger partial charge in [0.05, 0.1) is 6.61 Å². The van der Waals surface area contributed by atoms with Crippen molar-refractivity contribution in [3.8, 4) is 23.0 Å². The van der Waals surface area contributed by atoms with Crippen LogP contribution in [0.25, 0.3) is 0 Å². The van der Waals surface area contributed by atoms with Crippen LogP contribution in [0.1, 0.15) is 0 Å². The zero-order valence-corrected chi connectivity index (χ0v) is 8.88. The molecule has 0 spiro atoms. The molecule has 17 heavy (non-hydrogen) atoms. The number of ether oxygens (including phenoxy) is 5. The predicted molar refractivity (Wildman–Crippen MR) is 54.5 cm³/mol. The summed E-state index contributed by atoms with van der Waals surface area (Å²) >= 11 is 0. The molecule has 0 unspecified atom stereocenters. The van der Waals surface area contributed by atoms with Gasteiger partial charge in [0.25, 0.3) is 6.47 Å².